The maximum atomic E-state index is 12.4. The summed E-state index contributed by atoms with van der Waals surface area (Å²) in [6.07, 6.45) is 2.42. The van der Waals surface area contributed by atoms with Crippen LogP contribution in [-0.4, -0.2) is 12.5 Å². The van der Waals surface area contributed by atoms with Crippen molar-refractivity contribution in [1.29, 1.82) is 5.26 Å². The van der Waals surface area contributed by atoms with E-state index in [0.29, 0.717) is 23.6 Å². The van der Waals surface area contributed by atoms with Gasteiger partial charge in [0.15, 0.2) is 0 Å². The number of nitriles is 1. The van der Waals surface area contributed by atoms with Gasteiger partial charge in [0.25, 0.3) is 5.91 Å². The highest BCUT2D eigenvalue weighted by Crippen LogP contribution is 2.25. The molecule has 0 atom stereocenters. The van der Waals surface area contributed by atoms with Crippen molar-refractivity contribution in [2.45, 2.75) is 20.3 Å². The molecule has 1 N–H and O–H groups in total. The van der Waals surface area contributed by atoms with E-state index in [0.717, 1.165) is 16.5 Å². The number of rotatable bonds is 6. The number of nitrogens with zero attached hydrogens (tertiary/aromatic N) is 1. The third-order valence-corrected chi connectivity index (χ3v) is 4.07. The molecule has 0 saturated heterocycles. The van der Waals surface area contributed by atoms with Gasteiger partial charge in [-0.3, -0.25) is 4.79 Å². The van der Waals surface area contributed by atoms with Crippen LogP contribution in [0.4, 0.5) is 5.69 Å². The second-order valence-corrected chi connectivity index (χ2v) is 6.35. The number of amides is 1. The molecule has 0 bridgehead atoms. The van der Waals surface area contributed by atoms with Crippen molar-refractivity contribution in [3.05, 3.63) is 63.6 Å². The predicted molar refractivity (Wildman–Crippen MR) is 103 cm³/mol. The summed E-state index contributed by atoms with van der Waals surface area (Å²) in [5, 5.41) is 12.1. The van der Waals surface area contributed by atoms with Crippen LogP contribution in [0.15, 0.2) is 52.5 Å². The Labute approximate surface area is 156 Å². The average molecular weight is 399 g/mol. The summed E-state index contributed by atoms with van der Waals surface area (Å²) >= 11 is 3.42. The topological polar surface area (TPSA) is 62.1 Å². The zero-order valence-electron chi connectivity index (χ0n) is 14.2. The minimum absolute atomic E-state index is 0.0139. The molecule has 1 amide bonds. The number of carbonyl (C=O) groups excluding carboxylic acids is 1. The Morgan fingerprint density at radius 3 is 2.76 bits per heavy atom. The lowest BCUT2D eigenvalue weighted by Gasteiger charge is -2.09. The number of anilines is 1. The van der Waals surface area contributed by atoms with Gasteiger partial charge < -0.3 is 10.1 Å². The van der Waals surface area contributed by atoms with Crippen molar-refractivity contribution in [3.63, 3.8) is 0 Å². The van der Waals surface area contributed by atoms with E-state index >= 15 is 0 Å². The summed E-state index contributed by atoms with van der Waals surface area (Å²) in [5.41, 5.74) is 2.40. The Morgan fingerprint density at radius 2 is 2.08 bits per heavy atom. The van der Waals surface area contributed by atoms with Gasteiger partial charge in [0, 0.05) is 10.0 Å². The number of halogens is 1. The van der Waals surface area contributed by atoms with Crippen LogP contribution in [0, 0.1) is 18.3 Å². The van der Waals surface area contributed by atoms with E-state index in [9.17, 15) is 10.1 Å². The molecule has 128 valence electrons. The molecule has 0 unspecified atom stereocenters. The predicted octanol–water partition coefficient (Wildman–Crippen LogP) is 5.09. The lowest BCUT2D eigenvalue weighted by Crippen LogP contribution is -2.14. The average Bonchev–Trinajstić information content (AvgIpc) is 2.61. The minimum Gasteiger partial charge on any atom is -0.493 e. The molecule has 0 spiro atoms. The Kier molecular flexibility index (Phi) is 6.79. The van der Waals surface area contributed by atoms with Crippen LogP contribution < -0.4 is 10.1 Å². The first-order valence-electron chi connectivity index (χ1n) is 7.96. The van der Waals surface area contributed by atoms with Gasteiger partial charge in [0.1, 0.15) is 17.4 Å². The van der Waals surface area contributed by atoms with Crippen LogP contribution in [0.5, 0.6) is 5.75 Å². The lowest BCUT2D eigenvalue weighted by molar-refractivity contribution is -0.112. The van der Waals surface area contributed by atoms with Crippen LogP contribution in [0.25, 0.3) is 6.08 Å². The normalized spacial score (nSPS) is 10.9. The molecule has 0 aliphatic rings. The van der Waals surface area contributed by atoms with E-state index in [1.165, 1.54) is 0 Å². The number of aryl methyl sites for hydroxylation is 1. The number of hydrogen-bond acceptors (Lipinski definition) is 3. The fourth-order valence-corrected chi connectivity index (χ4v) is 2.75. The van der Waals surface area contributed by atoms with Crippen molar-refractivity contribution < 1.29 is 9.53 Å². The molecule has 0 heterocycles. The molecule has 0 saturated carbocycles. The van der Waals surface area contributed by atoms with Gasteiger partial charge in [-0.05, 0) is 59.1 Å². The van der Waals surface area contributed by atoms with Crippen LogP contribution in [0.2, 0.25) is 0 Å². The van der Waals surface area contributed by atoms with Gasteiger partial charge in [0.2, 0.25) is 0 Å². The molecular weight excluding hydrogens is 380 g/mol. The van der Waals surface area contributed by atoms with Crippen LogP contribution in [0.3, 0.4) is 0 Å². The molecule has 2 aromatic carbocycles. The molecule has 0 aliphatic carbocycles. The summed E-state index contributed by atoms with van der Waals surface area (Å²) in [4.78, 5) is 12.4. The highest BCUT2D eigenvalue weighted by molar-refractivity contribution is 9.10. The van der Waals surface area contributed by atoms with Crippen molar-refractivity contribution >= 4 is 33.6 Å². The Balaban J connectivity index is 2.25. The van der Waals surface area contributed by atoms with E-state index in [2.05, 4.69) is 21.2 Å². The van der Waals surface area contributed by atoms with Crippen LogP contribution >= 0.6 is 15.9 Å². The second kappa shape index (κ2) is 9.05. The molecule has 0 fully saturated rings. The molecule has 2 rings (SSSR count). The number of para-hydroxylation sites is 1. The quantitative estimate of drug-likeness (QED) is 0.544. The lowest BCUT2D eigenvalue weighted by atomic mass is 10.1. The second-order valence-electron chi connectivity index (χ2n) is 5.49. The van der Waals surface area contributed by atoms with Crippen molar-refractivity contribution in [2.75, 3.05) is 11.9 Å². The highest BCUT2D eigenvalue weighted by Gasteiger charge is 2.12. The SMILES string of the molecule is CCCOc1ccccc1/C=C(\C#N)C(=O)Nc1ccc(C)cc1Br. The maximum Gasteiger partial charge on any atom is 0.266 e. The summed E-state index contributed by atoms with van der Waals surface area (Å²) in [6, 6.07) is 14.9. The first-order valence-corrected chi connectivity index (χ1v) is 8.75. The van der Waals surface area contributed by atoms with E-state index in [1.54, 1.807) is 12.1 Å². The molecule has 5 heteroatoms. The smallest absolute Gasteiger partial charge is 0.266 e. The van der Waals surface area contributed by atoms with E-state index in [1.807, 2.05) is 56.3 Å². The van der Waals surface area contributed by atoms with E-state index in [4.69, 9.17) is 4.74 Å². The maximum absolute atomic E-state index is 12.4. The first kappa shape index (κ1) is 18.8. The van der Waals surface area contributed by atoms with Gasteiger partial charge in [-0.2, -0.15) is 5.26 Å². The fraction of sp³-hybridized carbons (Fsp3) is 0.200. The Hall–Kier alpha value is -2.58. The number of benzene rings is 2. The van der Waals surface area contributed by atoms with Crippen molar-refractivity contribution in [3.8, 4) is 11.8 Å². The number of carbonyl (C=O) groups is 1. The molecule has 25 heavy (non-hydrogen) atoms. The zero-order chi connectivity index (χ0) is 18.2. The minimum atomic E-state index is -0.461. The van der Waals surface area contributed by atoms with E-state index < -0.39 is 5.91 Å². The Morgan fingerprint density at radius 1 is 1.32 bits per heavy atom. The number of hydrogen-bond donors (Lipinski definition) is 1. The van der Waals surface area contributed by atoms with Crippen LogP contribution in [-0.2, 0) is 4.79 Å². The number of nitrogens with one attached hydrogen (secondary N) is 1. The summed E-state index contributed by atoms with van der Waals surface area (Å²) < 4.78 is 6.44. The largest absolute Gasteiger partial charge is 0.493 e. The molecule has 0 aliphatic heterocycles. The monoisotopic (exact) mass is 398 g/mol. The third kappa shape index (κ3) is 5.20. The summed E-state index contributed by atoms with van der Waals surface area (Å²) in [7, 11) is 0. The van der Waals surface area contributed by atoms with Crippen LogP contribution in [0.1, 0.15) is 24.5 Å². The van der Waals surface area contributed by atoms with Crippen molar-refractivity contribution in [2.24, 2.45) is 0 Å². The summed E-state index contributed by atoms with van der Waals surface area (Å²) in [5.74, 6) is 0.193. The van der Waals surface area contributed by atoms with Gasteiger partial charge in [-0.15, -0.1) is 0 Å². The Bertz CT molecular complexity index is 838. The zero-order valence-corrected chi connectivity index (χ0v) is 15.8. The van der Waals surface area contributed by atoms with Gasteiger partial charge in [0.05, 0.1) is 12.3 Å². The molecule has 0 aromatic heterocycles. The van der Waals surface area contributed by atoms with Gasteiger partial charge >= 0.3 is 0 Å². The molecule has 4 nitrogen and oxygen atoms in total. The molecular formula is C20H19BrN2O2. The highest BCUT2D eigenvalue weighted by atomic mass is 79.9. The van der Waals surface area contributed by atoms with Gasteiger partial charge in [-0.25, -0.2) is 0 Å². The summed E-state index contributed by atoms with van der Waals surface area (Å²) in [6.45, 7) is 4.56. The molecule has 2 aromatic rings. The van der Waals surface area contributed by atoms with Gasteiger partial charge in [-0.1, -0.05) is 31.2 Å². The third-order valence-electron chi connectivity index (χ3n) is 3.42. The fourth-order valence-electron chi connectivity index (χ4n) is 2.16. The van der Waals surface area contributed by atoms with Crippen molar-refractivity contribution in [1.82, 2.24) is 0 Å². The standard InChI is InChI=1S/C20H19BrN2O2/c1-3-10-25-19-7-5-4-6-15(19)12-16(13-22)20(24)23-18-9-8-14(2)11-17(18)21/h4-9,11-12H,3,10H2,1-2H3,(H,23,24)/b16-12+. The first-order chi connectivity index (χ1) is 12.0. The number of ether oxygens (including phenoxy) is 1. The molecule has 0 radical (unpaired) electrons. The van der Waals surface area contributed by atoms with E-state index in [-0.39, 0.29) is 5.57 Å².